The van der Waals surface area contributed by atoms with Gasteiger partial charge in [0.15, 0.2) is 0 Å². The van der Waals surface area contributed by atoms with Crippen LogP contribution in [-0.4, -0.2) is 53.5 Å². The van der Waals surface area contributed by atoms with E-state index in [1.54, 1.807) is 27.8 Å². The zero-order chi connectivity index (χ0) is 23.2. The number of hydrogen-bond acceptors (Lipinski definition) is 6. The number of alkyl carbamates (subject to hydrolysis) is 1. The number of halogens is 1. The minimum absolute atomic E-state index is 0.146. The summed E-state index contributed by atoms with van der Waals surface area (Å²) in [6.45, 7) is 5.19. The van der Waals surface area contributed by atoms with E-state index >= 15 is 0 Å². The zero-order valence-electron chi connectivity index (χ0n) is 18.0. The van der Waals surface area contributed by atoms with Gasteiger partial charge in [0.1, 0.15) is 11.4 Å². The van der Waals surface area contributed by atoms with E-state index in [1.807, 2.05) is 0 Å². The van der Waals surface area contributed by atoms with Crippen LogP contribution in [0.4, 0.5) is 10.6 Å². The van der Waals surface area contributed by atoms with E-state index in [-0.39, 0.29) is 17.6 Å². The number of carbonyl (C=O) groups excluding carboxylic acids is 4. The van der Waals surface area contributed by atoms with Crippen molar-refractivity contribution in [2.24, 2.45) is 5.92 Å². The number of pyridine rings is 1. The van der Waals surface area contributed by atoms with E-state index in [9.17, 15) is 19.2 Å². The molecule has 1 aliphatic carbocycles. The molecule has 1 heterocycles. The second kappa shape index (κ2) is 10.4. The van der Waals surface area contributed by atoms with E-state index in [0.29, 0.717) is 24.3 Å². The van der Waals surface area contributed by atoms with Gasteiger partial charge in [-0.05, 0) is 52.2 Å². The predicted octanol–water partition coefficient (Wildman–Crippen LogP) is 1.60. The molecule has 0 bridgehead atoms. The molecule has 0 saturated heterocycles. The van der Waals surface area contributed by atoms with Crippen LogP contribution in [0.3, 0.4) is 0 Å². The maximum Gasteiger partial charge on any atom is 0.407 e. The van der Waals surface area contributed by atoms with E-state index in [1.165, 1.54) is 18.3 Å². The van der Waals surface area contributed by atoms with E-state index in [0.717, 1.165) is 0 Å². The van der Waals surface area contributed by atoms with Crippen LogP contribution in [-0.2, 0) is 19.1 Å². The second-order valence-corrected chi connectivity index (χ2v) is 8.71. The monoisotopic (exact) mass is 453 g/mol. The van der Waals surface area contributed by atoms with Gasteiger partial charge in [0, 0.05) is 25.2 Å². The largest absolute Gasteiger partial charge is 0.444 e. The quantitative estimate of drug-likeness (QED) is 0.511. The lowest BCUT2D eigenvalue weighted by Gasteiger charge is -2.36. The molecule has 2 rings (SSSR count). The van der Waals surface area contributed by atoms with Crippen LogP contribution in [0.1, 0.15) is 40.0 Å². The number of aromatic nitrogens is 1. The van der Waals surface area contributed by atoms with Gasteiger partial charge in [-0.25, -0.2) is 9.78 Å². The highest BCUT2D eigenvalue weighted by molar-refractivity contribution is 6.39. The van der Waals surface area contributed by atoms with Gasteiger partial charge < -0.3 is 26.0 Å². The van der Waals surface area contributed by atoms with Crippen LogP contribution in [0, 0.1) is 5.92 Å². The van der Waals surface area contributed by atoms with Crippen molar-refractivity contribution >= 4 is 41.2 Å². The van der Waals surface area contributed by atoms with Crippen LogP contribution in [0.5, 0.6) is 0 Å². The molecule has 10 nitrogen and oxygen atoms in total. The lowest BCUT2D eigenvalue weighted by Crippen LogP contribution is -2.57. The van der Waals surface area contributed by atoms with Gasteiger partial charge in [-0.3, -0.25) is 14.4 Å². The molecule has 0 spiro atoms. The fourth-order valence-electron chi connectivity index (χ4n) is 3.26. The molecule has 11 heteroatoms. The molecular formula is C20H28ClN5O5. The summed E-state index contributed by atoms with van der Waals surface area (Å²) in [5, 5.41) is 10.7. The Morgan fingerprint density at radius 3 is 2.35 bits per heavy atom. The Hall–Kier alpha value is -2.88. The molecule has 1 aromatic heterocycles. The molecule has 0 radical (unpaired) electrons. The summed E-state index contributed by atoms with van der Waals surface area (Å²) in [5.41, 5.74) is -0.705. The number of amides is 4. The smallest absolute Gasteiger partial charge is 0.407 e. The first-order valence-electron chi connectivity index (χ1n) is 9.93. The van der Waals surface area contributed by atoms with Gasteiger partial charge in [0.05, 0.1) is 11.1 Å². The molecule has 3 atom stereocenters. The molecule has 1 aliphatic rings. The maximum absolute atomic E-state index is 12.4. The van der Waals surface area contributed by atoms with Gasteiger partial charge in [-0.2, -0.15) is 0 Å². The molecule has 0 aromatic carbocycles. The van der Waals surface area contributed by atoms with Gasteiger partial charge in [0.25, 0.3) is 0 Å². The Kier molecular flexibility index (Phi) is 8.21. The molecule has 0 aliphatic heterocycles. The summed E-state index contributed by atoms with van der Waals surface area (Å²) >= 11 is 5.75. The lowest BCUT2D eigenvalue weighted by molar-refractivity contribution is -0.137. The molecule has 1 fully saturated rings. The summed E-state index contributed by atoms with van der Waals surface area (Å²) in [4.78, 5) is 52.9. The van der Waals surface area contributed by atoms with Crippen LogP contribution < -0.4 is 21.3 Å². The normalized spacial score (nSPS) is 20.9. The zero-order valence-corrected chi connectivity index (χ0v) is 18.7. The van der Waals surface area contributed by atoms with Crippen LogP contribution in [0.25, 0.3) is 0 Å². The molecule has 4 amide bonds. The highest BCUT2D eigenvalue weighted by atomic mass is 35.5. The van der Waals surface area contributed by atoms with E-state index in [4.69, 9.17) is 16.3 Å². The standard InChI is InChI=1S/C20H28ClN5O5/c1-20(2,3)31-19(30)25-14-9-11(16(27)22-4)5-7-13(14)24-17(28)18(29)26-15-8-6-12(21)10-23-15/h6,8,10-11,13-14H,5,7,9H2,1-4H3,(H,22,27)(H,24,28)(H,25,30)(H,23,26,29)/t11-,13+,14-/m1/s1. The molecule has 0 unspecified atom stereocenters. The highest BCUT2D eigenvalue weighted by Crippen LogP contribution is 2.25. The van der Waals surface area contributed by atoms with Gasteiger partial charge >= 0.3 is 17.9 Å². The lowest BCUT2D eigenvalue weighted by atomic mass is 9.81. The topological polar surface area (TPSA) is 139 Å². The second-order valence-electron chi connectivity index (χ2n) is 8.27. The number of ether oxygens (including phenoxy) is 1. The summed E-state index contributed by atoms with van der Waals surface area (Å²) in [7, 11) is 1.54. The number of nitrogens with zero attached hydrogens (tertiary/aromatic N) is 1. The van der Waals surface area contributed by atoms with Crippen molar-refractivity contribution in [1.29, 1.82) is 0 Å². The number of rotatable bonds is 4. The Morgan fingerprint density at radius 2 is 1.77 bits per heavy atom. The third kappa shape index (κ3) is 7.71. The number of hydrogen-bond donors (Lipinski definition) is 4. The summed E-state index contributed by atoms with van der Waals surface area (Å²) < 4.78 is 5.29. The Balaban J connectivity index is 2.04. The average Bonchev–Trinajstić information content (AvgIpc) is 2.68. The van der Waals surface area contributed by atoms with Crippen molar-refractivity contribution in [3.63, 3.8) is 0 Å². The van der Waals surface area contributed by atoms with Crippen molar-refractivity contribution in [2.45, 2.75) is 57.7 Å². The van der Waals surface area contributed by atoms with E-state index in [2.05, 4.69) is 26.3 Å². The fraction of sp³-hybridized carbons (Fsp3) is 0.550. The third-order valence-corrected chi connectivity index (χ3v) is 4.88. The SMILES string of the molecule is CNC(=O)[C@@H]1CC[C@H](NC(=O)C(=O)Nc2ccc(Cl)cn2)[C@H](NC(=O)OC(C)(C)C)C1. The van der Waals surface area contributed by atoms with Crippen molar-refractivity contribution in [1.82, 2.24) is 20.9 Å². The first-order chi connectivity index (χ1) is 14.5. The summed E-state index contributed by atoms with van der Waals surface area (Å²) in [6, 6.07) is 1.86. The maximum atomic E-state index is 12.4. The van der Waals surface area contributed by atoms with Crippen LogP contribution >= 0.6 is 11.6 Å². The number of anilines is 1. The number of carbonyl (C=O) groups is 4. The molecule has 1 aromatic rings. The molecule has 31 heavy (non-hydrogen) atoms. The highest BCUT2D eigenvalue weighted by Gasteiger charge is 2.37. The summed E-state index contributed by atoms with van der Waals surface area (Å²) in [5.74, 6) is -2.08. The summed E-state index contributed by atoms with van der Waals surface area (Å²) in [6.07, 6.45) is 1.87. The fourth-order valence-corrected chi connectivity index (χ4v) is 3.37. The minimum Gasteiger partial charge on any atom is -0.444 e. The predicted molar refractivity (Wildman–Crippen MR) is 114 cm³/mol. The molecule has 4 N–H and O–H groups in total. The Morgan fingerprint density at radius 1 is 1.06 bits per heavy atom. The first-order valence-corrected chi connectivity index (χ1v) is 10.3. The molecule has 170 valence electrons. The first kappa shape index (κ1) is 24.4. The van der Waals surface area contributed by atoms with Crippen molar-refractivity contribution in [3.05, 3.63) is 23.4 Å². The van der Waals surface area contributed by atoms with Gasteiger partial charge in [0.2, 0.25) is 5.91 Å². The van der Waals surface area contributed by atoms with Crippen LogP contribution in [0.2, 0.25) is 5.02 Å². The Labute approximate surface area is 185 Å². The van der Waals surface area contributed by atoms with E-state index < -0.39 is 35.6 Å². The molecule has 1 saturated carbocycles. The average molecular weight is 454 g/mol. The molecular weight excluding hydrogens is 426 g/mol. The van der Waals surface area contributed by atoms with Crippen molar-refractivity contribution in [3.8, 4) is 0 Å². The van der Waals surface area contributed by atoms with Gasteiger partial charge in [-0.15, -0.1) is 0 Å². The van der Waals surface area contributed by atoms with Gasteiger partial charge in [-0.1, -0.05) is 11.6 Å². The van der Waals surface area contributed by atoms with Crippen LogP contribution in [0.15, 0.2) is 18.3 Å². The van der Waals surface area contributed by atoms with Crippen molar-refractivity contribution in [2.75, 3.05) is 12.4 Å². The number of nitrogens with one attached hydrogen (secondary N) is 4. The van der Waals surface area contributed by atoms with Crippen molar-refractivity contribution < 1.29 is 23.9 Å². The third-order valence-electron chi connectivity index (χ3n) is 4.66. The minimum atomic E-state index is -0.903. The Bertz CT molecular complexity index is 824.